The number of rotatable bonds is 9. The first-order valence-electron chi connectivity index (χ1n) is 15.9. The van der Waals surface area contributed by atoms with Gasteiger partial charge in [-0.15, -0.1) is 5.10 Å². The van der Waals surface area contributed by atoms with Crippen molar-refractivity contribution in [3.63, 3.8) is 0 Å². The third kappa shape index (κ3) is 7.19. The Kier molecular flexibility index (Phi) is 8.66. The maximum Gasteiger partial charge on any atom is 0.410 e. The van der Waals surface area contributed by atoms with E-state index in [0.717, 1.165) is 60.3 Å². The summed E-state index contributed by atoms with van der Waals surface area (Å²) in [4.78, 5) is 19.4. The van der Waals surface area contributed by atoms with Crippen molar-refractivity contribution in [3.05, 3.63) is 43.0 Å². The van der Waals surface area contributed by atoms with Crippen molar-refractivity contribution in [3.8, 4) is 23.0 Å². The monoisotopic (exact) mass is 632 g/mol. The molecule has 1 amide bonds. The first kappa shape index (κ1) is 31.2. The molecule has 5 heterocycles. The van der Waals surface area contributed by atoms with E-state index < -0.39 is 13.7 Å². The van der Waals surface area contributed by atoms with Gasteiger partial charge in [-0.25, -0.2) is 19.1 Å². The third-order valence-electron chi connectivity index (χ3n) is 8.37. The number of fused-ring (bicyclic) bond motifs is 3. The molecular weight excluding hydrogens is 588 g/mol. The van der Waals surface area contributed by atoms with Crippen molar-refractivity contribution in [1.29, 1.82) is 0 Å². The highest BCUT2D eigenvalue weighted by atomic mass is 28.3. The molecule has 2 aliphatic rings. The minimum atomic E-state index is -1.20. The van der Waals surface area contributed by atoms with Gasteiger partial charge in [0.05, 0.1) is 23.6 Å². The standard InChI is InChI=1S/C32H44N8O4Si/c1-32(2,3)44-31(41)40-22-9-7-10-23(40)18-24(17-22)43-30-33-20-27(36-37-30)25-11-12-28(38-14-8-13-34-38)29-26(25)19-35-39(29)21-42-15-16-45(4,5)6/h8,11-14,19-20,22-24H,7,9-10,15-18,21H2,1-6H3/t22-,23+,24?. The molecule has 0 N–H and O–H groups in total. The zero-order chi connectivity index (χ0) is 31.8. The molecule has 2 bridgehead atoms. The summed E-state index contributed by atoms with van der Waals surface area (Å²) in [5.74, 6) is 0. The molecule has 0 spiro atoms. The summed E-state index contributed by atoms with van der Waals surface area (Å²) in [6, 6.07) is 7.40. The van der Waals surface area contributed by atoms with Gasteiger partial charge in [-0.2, -0.15) is 10.2 Å². The number of nitrogens with zero attached hydrogens (tertiary/aromatic N) is 8. The van der Waals surface area contributed by atoms with Crippen LogP contribution in [0.25, 0.3) is 27.8 Å². The van der Waals surface area contributed by atoms with Crippen LogP contribution in [0, 0.1) is 0 Å². The van der Waals surface area contributed by atoms with E-state index in [1.54, 1.807) is 12.4 Å². The fourth-order valence-electron chi connectivity index (χ4n) is 6.26. The fourth-order valence-corrected chi connectivity index (χ4v) is 7.02. The lowest BCUT2D eigenvalue weighted by atomic mass is 9.83. The molecule has 4 aromatic rings. The van der Waals surface area contributed by atoms with E-state index in [9.17, 15) is 4.79 Å². The quantitative estimate of drug-likeness (QED) is 0.159. The highest BCUT2D eigenvalue weighted by Crippen LogP contribution is 2.37. The highest BCUT2D eigenvalue weighted by Gasteiger charge is 2.43. The second-order valence-corrected chi connectivity index (χ2v) is 19.9. The summed E-state index contributed by atoms with van der Waals surface area (Å²) in [6.07, 6.45) is 11.3. The van der Waals surface area contributed by atoms with Crippen molar-refractivity contribution >= 4 is 25.1 Å². The van der Waals surface area contributed by atoms with Crippen LogP contribution in [0.15, 0.2) is 43.0 Å². The van der Waals surface area contributed by atoms with Crippen molar-refractivity contribution < 1.29 is 19.0 Å². The van der Waals surface area contributed by atoms with Gasteiger partial charge in [0.2, 0.25) is 0 Å². The largest absolute Gasteiger partial charge is 0.459 e. The van der Waals surface area contributed by atoms with E-state index in [1.165, 1.54) is 0 Å². The van der Waals surface area contributed by atoms with Crippen LogP contribution in [0.5, 0.6) is 6.01 Å². The Morgan fingerprint density at radius 3 is 2.47 bits per heavy atom. The van der Waals surface area contributed by atoms with E-state index >= 15 is 0 Å². The van der Waals surface area contributed by atoms with Crippen molar-refractivity contribution in [2.75, 3.05) is 6.61 Å². The Morgan fingerprint density at radius 1 is 1.04 bits per heavy atom. The second kappa shape index (κ2) is 12.5. The van der Waals surface area contributed by atoms with Crippen LogP contribution in [0.2, 0.25) is 25.7 Å². The molecule has 0 radical (unpaired) electrons. The first-order chi connectivity index (χ1) is 21.4. The van der Waals surface area contributed by atoms with Gasteiger partial charge >= 0.3 is 12.1 Å². The van der Waals surface area contributed by atoms with Gasteiger partial charge in [0, 0.05) is 62.9 Å². The summed E-state index contributed by atoms with van der Waals surface area (Å²) in [5.41, 5.74) is 2.75. The molecular formula is C32H44N8O4Si. The smallest absolute Gasteiger partial charge is 0.410 e. The molecule has 3 aromatic heterocycles. The molecule has 12 nitrogen and oxygen atoms in total. The molecule has 1 unspecified atom stereocenters. The number of carbonyl (C=O) groups excluding carboxylic acids is 1. The number of amides is 1. The van der Waals surface area contributed by atoms with Gasteiger partial charge in [-0.05, 0) is 64.3 Å². The van der Waals surface area contributed by atoms with E-state index in [1.807, 2.05) is 65.6 Å². The van der Waals surface area contributed by atoms with Crippen molar-refractivity contribution in [1.82, 2.24) is 39.6 Å². The maximum atomic E-state index is 13.0. The molecule has 1 aromatic carbocycles. The van der Waals surface area contributed by atoms with Crippen molar-refractivity contribution in [2.45, 2.75) is 109 Å². The van der Waals surface area contributed by atoms with Gasteiger partial charge in [0.1, 0.15) is 24.1 Å². The summed E-state index contributed by atoms with van der Waals surface area (Å²) in [6.45, 7) is 13.8. The lowest BCUT2D eigenvalue weighted by molar-refractivity contribution is -0.0420. The summed E-state index contributed by atoms with van der Waals surface area (Å²) < 4.78 is 21.7. The zero-order valence-corrected chi connectivity index (χ0v) is 28.1. The van der Waals surface area contributed by atoms with Crippen molar-refractivity contribution in [2.24, 2.45) is 0 Å². The molecule has 0 saturated carbocycles. The number of carbonyl (C=O) groups is 1. The molecule has 13 heteroatoms. The second-order valence-electron chi connectivity index (χ2n) is 14.3. The van der Waals surface area contributed by atoms with E-state index in [2.05, 4.69) is 45.0 Å². The number of benzene rings is 1. The molecule has 3 atom stereocenters. The molecule has 6 rings (SSSR count). The average Bonchev–Trinajstić information content (AvgIpc) is 3.65. The Labute approximate surface area is 265 Å². The molecule has 2 saturated heterocycles. The Hall–Kier alpha value is -3.84. The molecule has 0 aliphatic carbocycles. The van der Waals surface area contributed by atoms with E-state index in [0.29, 0.717) is 19.0 Å². The van der Waals surface area contributed by atoms with Gasteiger partial charge in [0.25, 0.3) is 0 Å². The number of hydrogen-bond acceptors (Lipinski definition) is 9. The van der Waals surface area contributed by atoms with Crippen LogP contribution in [-0.2, 0) is 16.2 Å². The minimum Gasteiger partial charge on any atom is -0.459 e. The predicted molar refractivity (Wildman–Crippen MR) is 173 cm³/mol. The molecule has 2 fully saturated rings. The number of piperidine rings is 2. The summed E-state index contributed by atoms with van der Waals surface area (Å²) >= 11 is 0. The van der Waals surface area contributed by atoms with Gasteiger partial charge < -0.3 is 19.1 Å². The number of ether oxygens (including phenoxy) is 3. The molecule has 2 aliphatic heterocycles. The van der Waals surface area contributed by atoms with Gasteiger partial charge in [0.15, 0.2) is 0 Å². The zero-order valence-electron chi connectivity index (χ0n) is 27.1. The molecule has 45 heavy (non-hydrogen) atoms. The average molecular weight is 633 g/mol. The van der Waals surface area contributed by atoms with Crippen LogP contribution < -0.4 is 4.74 Å². The third-order valence-corrected chi connectivity index (χ3v) is 10.1. The summed E-state index contributed by atoms with van der Waals surface area (Å²) in [7, 11) is -1.20. The van der Waals surface area contributed by atoms with Crippen LogP contribution in [0.1, 0.15) is 52.9 Å². The van der Waals surface area contributed by atoms with Gasteiger partial charge in [-0.3, -0.25) is 0 Å². The summed E-state index contributed by atoms with van der Waals surface area (Å²) in [5, 5.41) is 18.9. The normalized spacial score (nSPS) is 20.4. The minimum absolute atomic E-state index is 0.0854. The first-order valence-corrected chi connectivity index (χ1v) is 19.6. The lowest BCUT2D eigenvalue weighted by Crippen LogP contribution is -2.57. The highest BCUT2D eigenvalue weighted by molar-refractivity contribution is 6.76. The van der Waals surface area contributed by atoms with E-state index in [-0.39, 0.29) is 30.3 Å². The van der Waals surface area contributed by atoms with Crippen LogP contribution in [0.3, 0.4) is 0 Å². The van der Waals surface area contributed by atoms with Crippen LogP contribution in [0.4, 0.5) is 4.79 Å². The lowest BCUT2D eigenvalue weighted by Gasteiger charge is -2.48. The SMILES string of the molecule is CC(C)(C)OC(=O)N1[C@@H]2CCC[C@H]1CC(Oc1ncc(-c3ccc(-n4cccn4)c4c3cnn4COCC[Si](C)(C)C)nn1)C2. The van der Waals surface area contributed by atoms with Gasteiger partial charge in [-0.1, -0.05) is 24.7 Å². The Bertz CT molecular complexity index is 1600. The number of aromatic nitrogens is 7. The van der Waals surface area contributed by atoms with E-state index in [4.69, 9.17) is 14.2 Å². The number of hydrogen-bond donors (Lipinski definition) is 0. The topological polar surface area (TPSA) is 122 Å². The van der Waals surface area contributed by atoms with Crippen LogP contribution >= 0.6 is 0 Å². The Morgan fingerprint density at radius 2 is 1.82 bits per heavy atom. The van der Waals surface area contributed by atoms with Crippen LogP contribution in [-0.4, -0.2) is 84.2 Å². The Balaban J connectivity index is 1.19. The maximum absolute atomic E-state index is 13.0. The molecule has 240 valence electrons. The predicted octanol–water partition coefficient (Wildman–Crippen LogP) is 6.09. The fraction of sp³-hybridized carbons (Fsp3) is 0.562.